The van der Waals surface area contributed by atoms with E-state index in [1.54, 1.807) is 54.6 Å². The second-order valence-corrected chi connectivity index (χ2v) is 9.89. The van der Waals surface area contributed by atoms with Crippen molar-refractivity contribution in [3.8, 4) is 5.75 Å². The van der Waals surface area contributed by atoms with Crippen molar-refractivity contribution in [3.05, 3.63) is 83.4 Å². The number of aromatic hydroxyl groups is 1. The highest BCUT2D eigenvalue weighted by molar-refractivity contribution is 7.92. The molecule has 0 bridgehead atoms. The maximum Gasteiger partial charge on any atom is 0.212 e. The Bertz CT molecular complexity index is 1720. The molecule has 0 saturated carbocycles. The van der Waals surface area contributed by atoms with Crippen molar-refractivity contribution < 1.29 is 13.5 Å². The summed E-state index contributed by atoms with van der Waals surface area (Å²) < 4.78 is 28.8. The monoisotopic (exact) mass is 471 g/mol. The van der Waals surface area contributed by atoms with Gasteiger partial charge in [-0.3, -0.25) is 0 Å². The molecule has 34 heavy (non-hydrogen) atoms. The number of hydrogen-bond acceptors (Lipinski definition) is 7. The van der Waals surface area contributed by atoms with E-state index >= 15 is 0 Å². The molecular formula is C25H21N5O3S. The number of para-hydroxylation sites is 2. The number of aromatic nitrogens is 3. The summed E-state index contributed by atoms with van der Waals surface area (Å²) in [7, 11) is -4.04. The van der Waals surface area contributed by atoms with E-state index < -0.39 is 9.84 Å². The summed E-state index contributed by atoms with van der Waals surface area (Å²) >= 11 is 0. The van der Waals surface area contributed by atoms with Gasteiger partial charge < -0.3 is 10.8 Å². The minimum absolute atomic E-state index is 0.0816. The molecule has 0 fully saturated rings. The first-order valence-electron chi connectivity index (χ1n) is 10.5. The zero-order valence-corrected chi connectivity index (χ0v) is 19.3. The molecule has 0 amide bonds. The summed E-state index contributed by atoms with van der Waals surface area (Å²) in [4.78, 5) is 9.20. The van der Waals surface area contributed by atoms with E-state index in [9.17, 15) is 13.5 Å². The van der Waals surface area contributed by atoms with Crippen LogP contribution in [0.15, 0.2) is 81.6 Å². The van der Waals surface area contributed by atoms with Crippen LogP contribution in [0.25, 0.3) is 22.2 Å². The van der Waals surface area contributed by atoms with Gasteiger partial charge in [0.25, 0.3) is 0 Å². The molecule has 2 aromatic heterocycles. The van der Waals surface area contributed by atoms with Crippen LogP contribution >= 0.6 is 0 Å². The second-order valence-electron chi connectivity index (χ2n) is 8.00. The number of benzene rings is 3. The molecule has 0 aliphatic heterocycles. The predicted molar refractivity (Wildman–Crippen MR) is 132 cm³/mol. The summed E-state index contributed by atoms with van der Waals surface area (Å²) in [5, 5.41) is 14.1. The van der Waals surface area contributed by atoms with Crippen LogP contribution in [0.5, 0.6) is 5.75 Å². The Morgan fingerprint density at radius 1 is 0.941 bits per heavy atom. The first-order chi connectivity index (χ1) is 16.3. The molecule has 9 heteroatoms. The maximum absolute atomic E-state index is 13.8. The van der Waals surface area contributed by atoms with Crippen LogP contribution in [-0.2, 0) is 9.84 Å². The normalized spacial score (nSPS) is 12.2. The Kier molecular flexibility index (Phi) is 5.06. The van der Waals surface area contributed by atoms with Gasteiger partial charge in [0, 0.05) is 0 Å². The van der Waals surface area contributed by atoms with E-state index in [2.05, 4.69) is 15.1 Å². The molecule has 0 aliphatic carbocycles. The van der Waals surface area contributed by atoms with Crippen LogP contribution in [0.3, 0.4) is 0 Å². The number of nitrogen functional groups attached to an aromatic ring is 1. The van der Waals surface area contributed by atoms with E-state index in [0.717, 1.165) is 11.1 Å². The smallest absolute Gasteiger partial charge is 0.212 e. The highest BCUT2D eigenvalue weighted by Crippen LogP contribution is 2.35. The van der Waals surface area contributed by atoms with Gasteiger partial charge in [-0.1, -0.05) is 30.3 Å². The van der Waals surface area contributed by atoms with Gasteiger partial charge in [-0.05, 0) is 66.9 Å². The number of hydrogen-bond donors (Lipinski definition) is 2. The number of sulfone groups is 1. The molecule has 0 aliphatic rings. The third kappa shape index (κ3) is 3.56. The number of phenolic OH excluding ortho intramolecular Hbond substituents is 1. The largest absolute Gasteiger partial charge is 0.508 e. The maximum atomic E-state index is 13.8. The molecule has 0 radical (unpaired) electrons. The molecule has 3 aromatic carbocycles. The highest BCUT2D eigenvalue weighted by Gasteiger charge is 2.30. The lowest BCUT2D eigenvalue weighted by Crippen LogP contribution is -2.07. The van der Waals surface area contributed by atoms with Gasteiger partial charge in [-0.25, -0.2) is 18.4 Å². The van der Waals surface area contributed by atoms with Crippen molar-refractivity contribution >= 4 is 44.1 Å². The SMILES string of the molecule is Cc1ccc(S(=O)(=O)c2c(N)n(/N=C\c3cccc(O)c3)c3nc4ccccc4nc23)cc1C. The zero-order chi connectivity index (χ0) is 24.0. The van der Waals surface area contributed by atoms with Crippen LogP contribution in [0, 0.1) is 13.8 Å². The Labute approximate surface area is 195 Å². The van der Waals surface area contributed by atoms with Crippen molar-refractivity contribution in [1.82, 2.24) is 14.6 Å². The summed E-state index contributed by atoms with van der Waals surface area (Å²) in [6.45, 7) is 3.77. The number of nitrogens with two attached hydrogens (primary N) is 1. The molecule has 170 valence electrons. The molecule has 5 rings (SSSR count). The molecule has 0 atom stereocenters. The van der Waals surface area contributed by atoms with Crippen molar-refractivity contribution in [2.45, 2.75) is 23.6 Å². The van der Waals surface area contributed by atoms with Crippen molar-refractivity contribution in [3.63, 3.8) is 0 Å². The van der Waals surface area contributed by atoms with Gasteiger partial charge in [-0.15, -0.1) is 0 Å². The van der Waals surface area contributed by atoms with E-state index in [1.165, 1.54) is 17.0 Å². The number of phenols is 1. The Morgan fingerprint density at radius 2 is 1.68 bits per heavy atom. The van der Waals surface area contributed by atoms with Gasteiger partial charge in [0.1, 0.15) is 22.0 Å². The van der Waals surface area contributed by atoms with E-state index in [-0.39, 0.29) is 32.5 Å². The lowest BCUT2D eigenvalue weighted by atomic mass is 10.1. The second kappa shape index (κ2) is 7.96. The number of nitrogens with zero attached hydrogens (tertiary/aromatic N) is 4. The topological polar surface area (TPSA) is 123 Å². The van der Waals surface area contributed by atoms with Crippen molar-refractivity contribution in [2.24, 2.45) is 5.10 Å². The Hall–Kier alpha value is -4.24. The predicted octanol–water partition coefficient (Wildman–Crippen LogP) is 4.20. The molecule has 8 nitrogen and oxygen atoms in total. The fourth-order valence-electron chi connectivity index (χ4n) is 3.73. The number of fused-ring (bicyclic) bond motifs is 2. The Balaban J connectivity index is 1.80. The van der Waals surface area contributed by atoms with Gasteiger partial charge >= 0.3 is 0 Å². The summed E-state index contributed by atoms with van der Waals surface area (Å²) in [5.41, 5.74) is 10.3. The van der Waals surface area contributed by atoms with E-state index in [0.29, 0.717) is 16.6 Å². The quantitative estimate of drug-likeness (QED) is 0.379. The van der Waals surface area contributed by atoms with Gasteiger partial charge in [0.2, 0.25) is 9.84 Å². The first-order valence-corrected chi connectivity index (χ1v) is 12.0. The minimum Gasteiger partial charge on any atom is -0.508 e. The summed E-state index contributed by atoms with van der Waals surface area (Å²) in [5.74, 6) is -0.0157. The molecule has 0 saturated heterocycles. The minimum atomic E-state index is -4.04. The van der Waals surface area contributed by atoms with Crippen LogP contribution in [0.1, 0.15) is 16.7 Å². The molecule has 0 spiro atoms. The van der Waals surface area contributed by atoms with E-state index in [1.807, 2.05) is 19.9 Å². The summed E-state index contributed by atoms with van der Waals surface area (Å²) in [6.07, 6.45) is 1.47. The molecule has 3 N–H and O–H groups in total. The molecule has 2 heterocycles. The molecular weight excluding hydrogens is 450 g/mol. The van der Waals surface area contributed by atoms with Crippen molar-refractivity contribution in [1.29, 1.82) is 0 Å². The average molecular weight is 472 g/mol. The van der Waals surface area contributed by atoms with Gasteiger partial charge in [0.05, 0.1) is 22.1 Å². The zero-order valence-electron chi connectivity index (χ0n) is 18.5. The van der Waals surface area contributed by atoms with E-state index in [4.69, 9.17) is 5.73 Å². The lowest BCUT2D eigenvalue weighted by Gasteiger charge is -2.07. The number of anilines is 1. The number of rotatable bonds is 4. The van der Waals surface area contributed by atoms with Crippen LogP contribution < -0.4 is 5.73 Å². The van der Waals surface area contributed by atoms with Crippen LogP contribution in [0.4, 0.5) is 5.82 Å². The molecule has 5 aromatic rings. The van der Waals surface area contributed by atoms with Gasteiger partial charge in [-0.2, -0.15) is 9.78 Å². The Morgan fingerprint density at radius 3 is 2.38 bits per heavy atom. The van der Waals surface area contributed by atoms with Crippen molar-refractivity contribution in [2.75, 3.05) is 5.73 Å². The fourth-order valence-corrected chi connectivity index (χ4v) is 5.30. The fraction of sp³-hybridized carbons (Fsp3) is 0.0800. The lowest BCUT2D eigenvalue weighted by molar-refractivity contribution is 0.475. The summed E-state index contributed by atoms with van der Waals surface area (Å²) in [6, 6.07) is 18.6. The average Bonchev–Trinajstić information content (AvgIpc) is 3.08. The first kappa shape index (κ1) is 21.6. The third-order valence-electron chi connectivity index (χ3n) is 5.68. The van der Waals surface area contributed by atoms with Crippen LogP contribution in [-0.4, -0.2) is 34.4 Å². The third-order valence-corrected chi connectivity index (χ3v) is 7.49. The highest BCUT2D eigenvalue weighted by atomic mass is 32.2. The van der Waals surface area contributed by atoms with Gasteiger partial charge in [0.15, 0.2) is 5.65 Å². The van der Waals surface area contributed by atoms with Crippen LogP contribution in [0.2, 0.25) is 0 Å². The molecule has 0 unspecified atom stereocenters. The number of aryl methyl sites for hydroxylation is 2. The standard InChI is InChI=1S/C25H21N5O3S/c1-15-10-11-19(12-16(15)2)34(32,33)23-22-25(29-21-9-4-3-8-20(21)28-22)30(24(23)26)27-14-17-6-5-7-18(31)13-17/h3-14,31H,26H2,1-2H3/b27-14-.